The number of nitrogens with one attached hydrogen (secondary N) is 1. The number of hydrogen-bond acceptors (Lipinski definition) is 6. The first-order valence-electron chi connectivity index (χ1n) is 11.0. The summed E-state index contributed by atoms with van der Waals surface area (Å²) < 4.78 is 7.25. The highest BCUT2D eigenvalue weighted by Gasteiger charge is 2.35. The van der Waals surface area contributed by atoms with E-state index in [0.717, 1.165) is 5.56 Å². The first kappa shape index (κ1) is 24.5. The van der Waals surface area contributed by atoms with Gasteiger partial charge in [0, 0.05) is 24.8 Å². The quantitative estimate of drug-likeness (QED) is 0.396. The number of halogens is 1. The van der Waals surface area contributed by atoms with Crippen LogP contribution < -0.4 is 10.1 Å². The Balaban J connectivity index is 1.50. The molecule has 9 nitrogen and oxygen atoms in total. The highest BCUT2D eigenvalue weighted by Crippen LogP contribution is 2.27. The molecule has 1 aliphatic rings. The summed E-state index contributed by atoms with van der Waals surface area (Å²) >= 11 is 6.18. The lowest BCUT2D eigenvalue weighted by Gasteiger charge is -2.27. The second kappa shape index (κ2) is 11.2. The molecule has 0 fully saturated rings. The molecular weight excluding hydrogens is 472 g/mol. The van der Waals surface area contributed by atoms with Gasteiger partial charge in [-0.2, -0.15) is 5.10 Å². The predicted molar refractivity (Wildman–Crippen MR) is 130 cm³/mol. The highest BCUT2D eigenvalue weighted by atomic mass is 35.5. The van der Waals surface area contributed by atoms with E-state index in [9.17, 15) is 14.7 Å². The van der Waals surface area contributed by atoms with Crippen LogP contribution in [-0.2, 0) is 22.6 Å². The molecule has 2 amide bonds. The summed E-state index contributed by atoms with van der Waals surface area (Å²) in [5.41, 5.74) is 0.887. The second-order valence-electron chi connectivity index (χ2n) is 8.06. The van der Waals surface area contributed by atoms with E-state index in [1.807, 2.05) is 30.3 Å². The van der Waals surface area contributed by atoms with Gasteiger partial charge in [-0.1, -0.05) is 54.1 Å². The number of carbonyl (C=O) groups is 2. The van der Waals surface area contributed by atoms with E-state index in [0.29, 0.717) is 16.5 Å². The van der Waals surface area contributed by atoms with Crippen molar-refractivity contribution in [2.24, 2.45) is 0 Å². The third-order valence-corrected chi connectivity index (χ3v) is 5.73. The molecule has 182 valence electrons. The number of aromatic nitrogens is 2. The first-order valence-corrected chi connectivity index (χ1v) is 11.4. The average Bonchev–Trinajstić information content (AvgIpc) is 3.44. The maximum Gasteiger partial charge on any atom is 0.251 e. The smallest absolute Gasteiger partial charge is 0.251 e. The van der Waals surface area contributed by atoms with E-state index in [4.69, 9.17) is 21.4 Å². The van der Waals surface area contributed by atoms with Crippen molar-refractivity contribution in [2.45, 2.75) is 25.1 Å². The molecule has 0 spiro atoms. The van der Waals surface area contributed by atoms with Crippen molar-refractivity contribution in [2.75, 3.05) is 18.5 Å². The molecule has 0 bridgehead atoms. The van der Waals surface area contributed by atoms with Crippen molar-refractivity contribution in [3.8, 4) is 5.75 Å². The SMILES string of the molecule is O=C(Nc1ccn(C[C@@H](O)CO)n1)[C@H](Cc1ccccc1)N1CC(Oc2ccccc2Cl)=CC1=O. The minimum Gasteiger partial charge on any atom is -0.458 e. The summed E-state index contributed by atoms with van der Waals surface area (Å²) in [6.45, 7) is -0.216. The number of ether oxygens (including phenoxy) is 1. The summed E-state index contributed by atoms with van der Waals surface area (Å²) in [6.07, 6.45) is 2.27. The Hall–Kier alpha value is -3.66. The Morgan fingerprint density at radius 1 is 1.14 bits per heavy atom. The van der Waals surface area contributed by atoms with Gasteiger partial charge in [0.25, 0.3) is 5.91 Å². The van der Waals surface area contributed by atoms with E-state index < -0.39 is 24.7 Å². The molecule has 1 aliphatic heterocycles. The van der Waals surface area contributed by atoms with Crippen LogP contribution in [0, 0.1) is 0 Å². The van der Waals surface area contributed by atoms with Gasteiger partial charge in [0.05, 0.1) is 30.8 Å². The average molecular weight is 497 g/mol. The maximum absolute atomic E-state index is 13.3. The zero-order valence-corrected chi connectivity index (χ0v) is 19.5. The molecule has 2 atom stereocenters. The lowest BCUT2D eigenvalue weighted by molar-refractivity contribution is -0.133. The lowest BCUT2D eigenvalue weighted by atomic mass is 10.0. The van der Waals surface area contributed by atoms with Crippen LogP contribution in [0.4, 0.5) is 5.82 Å². The molecule has 0 saturated carbocycles. The van der Waals surface area contributed by atoms with Crippen LogP contribution >= 0.6 is 11.6 Å². The molecule has 10 heteroatoms. The number of hydrogen-bond donors (Lipinski definition) is 3. The zero-order valence-electron chi connectivity index (χ0n) is 18.8. The van der Waals surface area contributed by atoms with Gasteiger partial charge in [-0.25, -0.2) is 0 Å². The fraction of sp³-hybridized carbons (Fsp3) is 0.240. The van der Waals surface area contributed by atoms with Crippen molar-refractivity contribution in [3.63, 3.8) is 0 Å². The predicted octanol–water partition coefficient (Wildman–Crippen LogP) is 2.24. The molecule has 0 radical (unpaired) electrons. The minimum atomic E-state index is -0.964. The third-order valence-electron chi connectivity index (χ3n) is 5.42. The number of amides is 2. The Bertz CT molecular complexity index is 1210. The topological polar surface area (TPSA) is 117 Å². The van der Waals surface area contributed by atoms with Crippen LogP contribution in [-0.4, -0.2) is 62.0 Å². The fourth-order valence-electron chi connectivity index (χ4n) is 3.70. The summed E-state index contributed by atoms with van der Waals surface area (Å²) in [5, 5.41) is 26.0. The Morgan fingerprint density at radius 2 is 1.89 bits per heavy atom. The first-order chi connectivity index (χ1) is 16.9. The van der Waals surface area contributed by atoms with Crippen LogP contribution in [0.5, 0.6) is 5.75 Å². The summed E-state index contributed by atoms with van der Waals surface area (Å²) in [5.74, 6) is 0.318. The summed E-state index contributed by atoms with van der Waals surface area (Å²) in [4.78, 5) is 27.7. The molecule has 3 aromatic rings. The number of anilines is 1. The van der Waals surface area contributed by atoms with Gasteiger partial charge >= 0.3 is 0 Å². The Morgan fingerprint density at radius 3 is 2.63 bits per heavy atom. The number of nitrogens with zero attached hydrogens (tertiary/aromatic N) is 3. The lowest BCUT2D eigenvalue weighted by Crippen LogP contribution is -2.47. The van der Waals surface area contributed by atoms with Crippen LogP contribution in [0.2, 0.25) is 5.02 Å². The van der Waals surface area contributed by atoms with Crippen LogP contribution in [0.25, 0.3) is 0 Å². The van der Waals surface area contributed by atoms with Crippen molar-refractivity contribution in [3.05, 3.63) is 89.3 Å². The molecule has 1 aromatic heterocycles. The van der Waals surface area contributed by atoms with Gasteiger partial charge in [-0.15, -0.1) is 0 Å². The molecule has 0 unspecified atom stereocenters. The molecule has 0 saturated heterocycles. The van der Waals surface area contributed by atoms with E-state index in [-0.39, 0.29) is 31.2 Å². The third kappa shape index (κ3) is 6.27. The molecule has 3 N–H and O–H groups in total. The minimum absolute atomic E-state index is 0.0804. The molecule has 2 aromatic carbocycles. The van der Waals surface area contributed by atoms with E-state index in [1.165, 1.54) is 15.7 Å². The molecule has 4 rings (SSSR count). The molecule has 0 aliphatic carbocycles. The molecule has 35 heavy (non-hydrogen) atoms. The van der Waals surface area contributed by atoms with Crippen LogP contribution in [0.15, 0.2) is 78.7 Å². The van der Waals surface area contributed by atoms with Gasteiger partial charge in [0.2, 0.25) is 5.91 Å². The van der Waals surface area contributed by atoms with Gasteiger partial charge in [0.15, 0.2) is 5.82 Å². The molecule has 2 heterocycles. The van der Waals surface area contributed by atoms with Gasteiger partial charge < -0.3 is 25.2 Å². The van der Waals surface area contributed by atoms with Gasteiger partial charge in [-0.3, -0.25) is 14.3 Å². The monoisotopic (exact) mass is 496 g/mol. The van der Waals surface area contributed by atoms with E-state index >= 15 is 0 Å². The van der Waals surface area contributed by atoms with E-state index in [1.54, 1.807) is 36.5 Å². The number of rotatable bonds is 10. The number of aliphatic hydroxyl groups is 2. The van der Waals surface area contributed by atoms with Gasteiger partial charge in [-0.05, 0) is 17.7 Å². The van der Waals surface area contributed by atoms with Crippen molar-refractivity contribution >= 4 is 29.2 Å². The van der Waals surface area contributed by atoms with E-state index in [2.05, 4.69) is 10.4 Å². The number of aliphatic hydroxyl groups excluding tert-OH is 2. The Kier molecular flexibility index (Phi) is 7.81. The number of carbonyl (C=O) groups excluding carboxylic acids is 2. The van der Waals surface area contributed by atoms with Crippen LogP contribution in [0.1, 0.15) is 5.56 Å². The largest absolute Gasteiger partial charge is 0.458 e. The second-order valence-corrected chi connectivity index (χ2v) is 8.47. The van der Waals surface area contributed by atoms with Crippen LogP contribution in [0.3, 0.4) is 0 Å². The van der Waals surface area contributed by atoms with Crippen molar-refractivity contribution in [1.82, 2.24) is 14.7 Å². The standard InChI is InChI=1S/C25H25ClN4O5/c26-20-8-4-5-9-22(20)35-19-13-24(33)30(15-19)21(12-17-6-2-1-3-7-17)25(34)27-23-10-11-29(28-23)14-18(32)16-31/h1-11,13,18,21,31-32H,12,14-16H2,(H,27,28,34)/t18-,21+/m1/s1. The summed E-state index contributed by atoms with van der Waals surface area (Å²) in [7, 11) is 0. The number of para-hydroxylation sites is 1. The fourth-order valence-corrected chi connectivity index (χ4v) is 3.88. The van der Waals surface area contributed by atoms with Gasteiger partial charge in [0.1, 0.15) is 17.6 Å². The number of benzene rings is 2. The van der Waals surface area contributed by atoms with Crippen molar-refractivity contribution < 1.29 is 24.5 Å². The van der Waals surface area contributed by atoms with Crippen molar-refractivity contribution in [1.29, 1.82) is 0 Å². The Labute approximate surface area is 207 Å². The highest BCUT2D eigenvalue weighted by molar-refractivity contribution is 6.32. The normalized spacial score (nSPS) is 15.0. The zero-order chi connectivity index (χ0) is 24.8. The molecular formula is C25H25ClN4O5. The summed E-state index contributed by atoms with van der Waals surface area (Å²) in [6, 6.07) is 17.1. The maximum atomic E-state index is 13.3.